The predicted molar refractivity (Wildman–Crippen MR) is 111 cm³/mol. The van der Waals surface area contributed by atoms with Crippen LogP contribution in [-0.4, -0.2) is 25.1 Å². The van der Waals surface area contributed by atoms with Crippen LogP contribution in [0, 0.1) is 0 Å². The molecule has 0 atom stereocenters. The van der Waals surface area contributed by atoms with Crippen LogP contribution in [0.4, 0.5) is 0 Å². The van der Waals surface area contributed by atoms with Gasteiger partial charge in [-0.1, -0.05) is 79.4 Å². The van der Waals surface area contributed by atoms with Crippen LogP contribution in [-0.2, 0) is 19.6 Å². The van der Waals surface area contributed by atoms with Gasteiger partial charge in [-0.05, 0) is 40.5 Å². The van der Waals surface area contributed by atoms with Crippen LogP contribution in [0.2, 0.25) is 5.02 Å². The maximum atomic E-state index is 6.43. The van der Waals surface area contributed by atoms with E-state index >= 15 is 0 Å². The first kappa shape index (κ1) is 19.1. The van der Waals surface area contributed by atoms with Crippen LogP contribution >= 0.6 is 11.6 Å². The molecule has 1 heterocycles. The van der Waals surface area contributed by atoms with Crippen molar-refractivity contribution < 1.29 is 0 Å². The molecule has 1 aromatic heterocycles. The normalized spacial score (nSPS) is 15.2. The topological polar surface area (TPSA) is 46.8 Å². The minimum absolute atomic E-state index is 0.428. The number of benzene rings is 2. The fourth-order valence-electron chi connectivity index (χ4n) is 4.00. The summed E-state index contributed by atoms with van der Waals surface area (Å²) in [6, 6.07) is 19.0. The summed E-state index contributed by atoms with van der Waals surface area (Å²) in [4.78, 5) is 2.36. The maximum Gasteiger partial charge on any atom is 0.165 e. The number of nitrogens with zero attached hydrogens (tertiary/aromatic N) is 5. The van der Waals surface area contributed by atoms with Crippen molar-refractivity contribution in [1.29, 1.82) is 0 Å². The average Bonchev–Trinajstić information content (AvgIpc) is 3.19. The molecular weight excluding hydrogens is 370 g/mol. The number of hydrogen-bond donors (Lipinski definition) is 0. The number of halogens is 1. The third kappa shape index (κ3) is 4.78. The SMILES string of the molecule is Clc1ccccc1CN(Cc1ccccc1)Cc1nnnn1C1CCCCC1. The first-order valence-electron chi connectivity index (χ1n) is 10.1. The first-order valence-corrected chi connectivity index (χ1v) is 10.4. The minimum atomic E-state index is 0.428. The summed E-state index contributed by atoms with van der Waals surface area (Å²) in [5.74, 6) is 0.940. The second kappa shape index (κ2) is 9.30. The van der Waals surface area contributed by atoms with E-state index in [0.717, 1.165) is 29.5 Å². The van der Waals surface area contributed by atoms with E-state index < -0.39 is 0 Å². The molecule has 0 amide bonds. The lowest BCUT2D eigenvalue weighted by molar-refractivity contribution is 0.226. The zero-order valence-corrected chi connectivity index (χ0v) is 16.8. The van der Waals surface area contributed by atoms with Gasteiger partial charge in [0, 0.05) is 18.1 Å². The molecule has 28 heavy (non-hydrogen) atoms. The van der Waals surface area contributed by atoms with E-state index in [2.05, 4.69) is 55.4 Å². The molecule has 2 aromatic carbocycles. The minimum Gasteiger partial charge on any atom is -0.287 e. The summed E-state index contributed by atoms with van der Waals surface area (Å²) in [7, 11) is 0. The van der Waals surface area contributed by atoms with E-state index in [9.17, 15) is 0 Å². The van der Waals surface area contributed by atoms with Gasteiger partial charge in [0.15, 0.2) is 5.82 Å². The summed E-state index contributed by atoms with van der Waals surface area (Å²) in [5.41, 5.74) is 2.39. The summed E-state index contributed by atoms with van der Waals surface area (Å²) in [6.45, 7) is 2.28. The molecular formula is C22H26ClN5. The van der Waals surface area contributed by atoms with Gasteiger partial charge in [0.05, 0.1) is 12.6 Å². The molecule has 0 bridgehead atoms. The van der Waals surface area contributed by atoms with Gasteiger partial charge >= 0.3 is 0 Å². The van der Waals surface area contributed by atoms with Crippen LogP contribution < -0.4 is 0 Å². The molecule has 1 saturated carbocycles. The summed E-state index contributed by atoms with van der Waals surface area (Å²) >= 11 is 6.43. The fourth-order valence-corrected chi connectivity index (χ4v) is 4.20. The Morgan fingerprint density at radius 1 is 0.893 bits per heavy atom. The second-order valence-electron chi connectivity index (χ2n) is 7.55. The lowest BCUT2D eigenvalue weighted by Crippen LogP contribution is -2.26. The molecule has 0 unspecified atom stereocenters. The summed E-state index contributed by atoms with van der Waals surface area (Å²) in [6.07, 6.45) is 6.18. The maximum absolute atomic E-state index is 6.43. The van der Waals surface area contributed by atoms with E-state index in [1.165, 1.54) is 37.7 Å². The predicted octanol–water partition coefficient (Wildman–Crippen LogP) is 5.03. The van der Waals surface area contributed by atoms with Gasteiger partial charge in [-0.15, -0.1) is 5.10 Å². The quantitative estimate of drug-likeness (QED) is 0.562. The first-order chi connectivity index (χ1) is 13.8. The van der Waals surface area contributed by atoms with E-state index in [-0.39, 0.29) is 0 Å². The van der Waals surface area contributed by atoms with Gasteiger partial charge in [-0.3, -0.25) is 4.90 Å². The highest BCUT2D eigenvalue weighted by molar-refractivity contribution is 6.31. The Morgan fingerprint density at radius 3 is 2.43 bits per heavy atom. The Kier molecular flexibility index (Phi) is 6.34. The van der Waals surface area contributed by atoms with Gasteiger partial charge < -0.3 is 0 Å². The molecule has 1 aliphatic rings. The Morgan fingerprint density at radius 2 is 1.64 bits per heavy atom. The fraction of sp³-hybridized carbons (Fsp3) is 0.409. The standard InChI is InChI=1S/C22H26ClN5/c23-21-14-8-7-11-19(21)16-27(15-18-9-3-1-4-10-18)17-22-24-25-26-28(22)20-12-5-2-6-13-20/h1,3-4,7-11,14,20H,2,5-6,12-13,15-17H2. The number of tetrazole rings is 1. The largest absolute Gasteiger partial charge is 0.287 e. The van der Waals surface area contributed by atoms with Crippen molar-refractivity contribution in [2.45, 2.75) is 57.8 Å². The summed E-state index contributed by atoms with van der Waals surface area (Å²) < 4.78 is 2.06. The molecule has 6 heteroatoms. The van der Waals surface area contributed by atoms with E-state index in [1.54, 1.807) is 0 Å². The van der Waals surface area contributed by atoms with E-state index in [1.807, 2.05) is 24.3 Å². The Bertz CT molecular complexity index is 873. The van der Waals surface area contributed by atoms with Crippen molar-refractivity contribution in [1.82, 2.24) is 25.1 Å². The molecule has 0 N–H and O–H groups in total. The van der Waals surface area contributed by atoms with Crippen LogP contribution in [0.15, 0.2) is 54.6 Å². The van der Waals surface area contributed by atoms with Crippen molar-refractivity contribution in [3.63, 3.8) is 0 Å². The van der Waals surface area contributed by atoms with Gasteiger partial charge in [0.1, 0.15) is 0 Å². The number of aromatic nitrogens is 4. The smallest absolute Gasteiger partial charge is 0.165 e. The lowest BCUT2D eigenvalue weighted by Gasteiger charge is -2.26. The second-order valence-corrected chi connectivity index (χ2v) is 7.96. The molecule has 4 rings (SSSR count). The van der Waals surface area contributed by atoms with Crippen LogP contribution in [0.1, 0.15) is 55.1 Å². The Labute approximate surface area is 171 Å². The Balaban J connectivity index is 1.55. The molecule has 3 aromatic rings. The molecule has 0 spiro atoms. The Hall–Kier alpha value is -2.24. The molecule has 0 radical (unpaired) electrons. The highest BCUT2D eigenvalue weighted by Crippen LogP contribution is 2.28. The van der Waals surface area contributed by atoms with Crippen LogP contribution in [0.25, 0.3) is 0 Å². The molecule has 0 saturated heterocycles. The van der Waals surface area contributed by atoms with Gasteiger partial charge in [0.25, 0.3) is 0 Å². The molecule has 1 aliphatic carbocycles. The van der Waals surface area contributed by atoms with Crippen LogP contribution in [0.5, 0.6) is 0 Å². The third-order valence-corrected chi connectivity index (χ3v) is 5.82. The number of rotatable bonds is 7. The van der Waals surface area contributed by atoms with Crippen molar-refractivity contribution >= 4 is 11.6 Å². The van der Waals surface area contributed by atoms with Crippen molar-refractivity contribution in [2.24, 2.45) is 0 Å². The van der Waals surface area contributed by atoms with Crippen molar-refractivity contribution in [3.05, 3.63) is 76.6 Å². The highest BCUT2D eigenvalue weighted by Gasteiger charge is 2.22. The highest BCUT2D eigenvalue weighted by atomic mass is 35.5. The molecule has 0 aliphatic heterocycles. The zero-order chi connectivity index (χ0) is 19.2. The van der Waals surface area contributed by atoms with Gasteiger partial charge in [0.2, 0.25) is 0 Å². The lowest BCUT2D eigenvalue weighted by atomic mass is 9.95. The van der Waals surface area contributed by atoms with Crippen molar-refractivity contribution in [2.75, 3.05) is 0 Å². The molecule has 5 nitrogen and oxygen atoms in total. The monoisotopic (exact) mass is 395 g/mol. The number of hydrogen-bond acceptors (Lipinski definition) is 4. The summed E-state index contributed by atoms with van der Waals surface area (Å²) in [5, 5.41) is 13.5. The zero-order valence-electron chi connectivity index (χ0n) is 16.0. The third-order valence-electron chi connectivity index (χ3n) is 5.45. The van der Waals surface area contributed by atoms with Crippen LogP contribution in [0.3, 0.4) is 0 Å². The van der Waals surface area contributed by atoms with E-state index in [0.29, 0.717) is 12.6 Å². The molecule has 146 valence electrons. The molecule has 1 fully saturated rings. The van der Waals surface area contributed by atoms with Crippen molar-refractivity contribution in [3.8, 4) is 0 Å². The van der Waals surface area contributed by atoms with E-state index in [4.69, 9.17) is 11.6 Å². The van der Waals surface area contributed by atoms with Gasteiger partial charge in [-0.25, -0.2) is 4.68 Å². The van der Waals surface area contributed by atoms with Gasteiger partial charge in [-0.2, -0.15) is 0 Å². The average molecular weight is 396 g/mol.